The minimum atomic E-state index is -0.171. The molecule has 0 bridgehead atoms. The number of benzene rings is 1. The average Bonchev–Trinajstić information content (AvgIpc) is 2.63. The summed E-state index contributed by atoms with van der Waals surface area (Å²) >= 11 is 0. The number of hydrogen-bond acceptors (Lipinski definition) is 3. The van der Waals surface area contributed by atoms with Crippen molar-refractivity contribution >= 4 is 17.5 Å². The molecule has 1 heterocycles. The van der Waals surface area contributed by atoms with Crippen molar-refractivity contribution in [3.63, 3.8) is 0 Å². The molecule has 1 aliphatic heterocycles. The van der Waals surface area contributed by atoms with Crippen LogP contribution < -0.4 is 10.2 Å². The largest absolute Gasteiger partial charge is 0.368 e. The molecule has 1 fully saturated rings. The van der Waals surface area contributed by atoms with Crippen LogP contribution in [0.1, 0.15) is 13.3 Å². The van der Waals surface area contributed by atoms with Crippen LogP contribution in [-0.2, 0) is 9.59 Å². The number of rotatable bonds is 6. The Kier molecular flexibility index (Phi) is 7.08. The van der Waals surface area contributed by atoms with Crippen molar-refractivity contribution < 1.29 is 9.59 Å². The molecule has 2 amide bonds. The zero-order valence-corrected chi connectivity index (χ0v) is 14.1. The third kappa shape index (κ3) is 5.57. The fourth-order valence-corrected chi connectivity index (χ4v) is 2.62. The summed E-state index contributed by atoms with van der Waals surface area (Å²) in [5, 5.41) is 2.73. The zero-order chi connectivity index (χ0) is 17.2. The van der Waals surface area contributed by atoms with Gasteiger partial charge in [0.25, 0.3) is 0 Å². The Morgan fingerprint density at radius 3 is 2.46 bits per heavy atom. The summed E-state index contributed by atoms with van der Waals surface area (Å²) in [6.45, 7) is 5.39. The van der Waals surface area contributed by atoms with Crippen molar-refractivity contribution in [2.24, 2.45) is 0 Å². The van der Waals surface area contributed by atoms with Crippen LogP contribution in [0.25, 0.3) is 0 Å². The van der Waals surface area contributed by atoms with E-state index in [2.05, 4.69) is 22.3 Å². The molecule has 2 rings (SSSR count). The number of carbonyl (C=O) groups is 2. The number of amides is 2. The van der Waals surface area contributed by atoms with Gasteiger partial charge in [0.15, 0.2) is 0 Å². The Bertz CT molecular complexity index is 588. The van der Waals surface area contributed by atoms with E-state index >= 15 is 0 Å². The lowest BCUT2D eigenvalue weighted by atomic mass is 10.2. The Balaban J connectivity index is 1.68. The van der Waals surface area contributed by atoms with E-state index in [1.165, 1.54) is 11.8 Å². The van der Waals surface area contributed by atoms with E-state index in [1.54, 1.807) is 12.2 Å². The highest BCUT2D eigenvalue weighted by molar-refractivity contribution is 5.88. The smallest absolute Gasteiger partial charge is 0.243 e. The SMILES string of the molecule is C/C=C/C=C/C(=O)NCCC(=O)N1CCN(c2ccccc2)CC1. The molecule has 0 radical (unpaired) electrons. The minimum Gasteiger partial charge on any atom is -0.368 e. The fraction of sp³-hybridized carbons (Fsp3) is 0.368. The highest BCUT2D eigenvalue weighted by Gasteiger charge is 2.20. The van der Waals surface area contributed by atoms with Gasteiger partial charge in [-0.2, -0.15) is 0 Å². The van der Waals surface area contributed by atoms with Gasteiger partial charge in [-0.15, -0.1) is 0 Å². The Hall–Kier alpha value is -2.56. The topological polar surface area (TPSA) is 52.7 Å². The number of para-hydroxylation sites is 1. The molecule has 0 spiro atoms. The molecule has 0 aliphatic carbocycles. The van der Waals surface area contributed by atoms with Gasteiger partial charge < -0.3 is 15.1 Å². The first kappa shape index (κ1) is 17.8. The molecule has 0 saturated carbocycles. The van der Waals surface area contributed by atoms with Crippen molar-refractivity contribution in [2.45, 2.75) is 13.3 Å². The third-order valence-corrected chi connectivity index (χ3v) is 3.94. The second kappa shape index (κ2) is 9.55. The first-order chi connectivity index (χ1) is 11.7. The molecule has 1 aromatic rings. The van der Waals surface area contributed by atoms with Gasteiger partial charge in [0.1, 0.15) is 0 Å². The first-order valence-corrected chi connectivity index (χ1v) is 8.35. The van der Waals surface area contributed by atoms with E-state index in [4.69, 9.17) is 0 Å². The molecule has 0 aromatic heterocycles. The predicted molar refractivity (Wildman–Crippen MR) is 96.8 cm³/mol. The monoisotopic (exact) mass is 327 g/mol. The molecule has 1 N–H and O–H groups in total. The van der Waals surface area contributed by atoms with Crippen LogP contribution in [0, 0.1) is 0 Å². The number of hydrogen-bond donors (Lipinski definition) is 1. The predicted octanol–water partition coefficient (Wildman–Crippen LogP) is 1.97. The Labute approximate surface area is 143 Å². The molecule has 128 valence electrons. The van der Waals surface area contributed by atoms with Gasteiger partial charge in [0.2, 0.25) is 11.8 Å². The highest BCUT2D eigenvalue weighted by Crippen LogP contribution is 2.15. The highest BCUT2D eigenvalue weighted by atomic mass is 16.2. The van der Waals surface area contributed by atoms with Gasteiger partial charge in [-0.3, -0.25) is 9.59 Å². The number of piperazine rings is 1. The molecule has 1 aliphatic rings. The quantitative estimate of drug-likeness (QED) is 0.642. The average molecular weight is 327 g/mol. The number of allylic oxidation sites excluding steroid dienone is 3. The maximum Gasteiger partial charge on any atom is 0.243 e. The summed E-state index contributed by atoms with van der Waals surface area (Å²) in [6.07, 6.45) is 7.12. The lowest BCUT2D eigenvalue weighted by Gasteiger charge is -2.36. The molecule has 1 aromatic carbocycles. The van der Waals surface area contributed by atoms with Gasteiger partial charge in [0, 0.05) is 50.9 Å². The van der Waals surface area contributed by atoms with E-state index in [1.807, 2.05) is 36.1 Å². The van der Waals surface area contributed by atoms with Crippen LogP contribution >= 0.6 is 0 Å². The first-order valence-electron chi connectivity index (χ1n) is 8.35. The Morgan fingerprint density at radius 2 is 1.79 bits per heavy atom. The van der Waals surface area contributed by atoms with E-state index in [0.717, 1.165) is 26.2 Å². The van der Waals surface area contributed by atoms with Gasteiger partial charge >= 0.3 is 0 Å². The summed E-state index contributed by atoms with van der Waals surface area (Å²) in [4.78, 5) is 27.9. The van der Waals surface area contributed by atoms with E-state index in [-0.39, 0.29) is 11.8 Å². The van der Waals surface area contributed by atoms with Gasteiger partial charge in [-0.1, -0.05) is 36.4 Å². The molecule has 5 heteroatoms. The van der Waals surface area contributed by atoms with E-state index in [0.29, 0.717) is 13.0 Å². The summed E-state index contributed by atoms with van der Waals surface area (Å²) < 4.78 is 0. The molecule has 0 atom stereocenters. The van der Waals surface area contributed by atoms with Crippen LogP contribution in [0.2, 0.25) is 0 Å². The van der Waals surface area contributed by atoms with Crippen LogP contribution in [0.4, 0.5) is 5.69 Å². The number of carbonyl (C=O) groups excluding carboxylic acids is 2. The normalized spacial score (nSPS) is 15.2. The second-order valence-corrected chi connectivity index (χ2v) is 5.63. The second-order valence-electron chi connectivity index (χ2n) is 5.63. The zero-order valence-electron chi connectivity index (χ0n) is 14.1. The van der Waals surface area contributed by atoms with Crippen molar-refractivity contribution in [1.29, 1.82) is 0 Å². The molecular formula is C19H25N3O2. The minimum absolute atomic E-state index is 0.0976. The molecule has 0 unspecified atom stereocenters. The third-order valence-electron chi connectivity index (χ3n) is 3.94. The van der Waals surface area contributed by atoms with Crippen LogP contribution in [0.15, 0.2) is 54.6 Å². The van der Waals surface area contributed by atoms with Crippen LogP contribution in [0.3, 0.4) is 0 Å². The maximum absolute atomic E-state index is 12.2. The Morgan fingerprint density at radius 1 is 1.08 bits per heavy atom. The van der Waals surface area contributed by atoms with Crippen molar-refractivity contribution in [1.82, 2.24) is 10.2 Å². The van der Waals surface area contributed by atoms with E-state index < -0.39 is 0 Å². The number of anilines is 1. The number of nitrogens with zero attached hydrogens (tertiary/aromatic N) is 2. The van der Waals surface area contributed by atoms with Gasteiger partial charge in [-0.25, -0.2) is 0 Å². The van der Waals surface area contributed by atoms with Crippen LogP contribution in [-0.4, -0.2) is 49.4 Å². The van der Waals surface area contributed by atoms with Crippen LogP contribution in [0.5, 0.6) is 0 Å². The molecule has 1 saturated heterocycles. The van der Waals surface area contributed by atoms with Crippen molar-refractivity contribution in [3.8, 4) is 0 Å². The van der Waals surface area contributed by atoms with Gasteiger partial charge in [-0.05, 0) is 19.1 Å². The van der Waals surface area contributed by atoms with Crippen molar-refractivity contribution in [3.05, 3.63) is 54.6 Å². The summed E-state index contributed by atoms with van der Waals surface area (Å²) in [5.41, 5.74) is 1.20. The summed E-state index contributed by atoms with van der Waals surface area (Å²) in [6, 6.07) is 10.2. The maximum atomic E-state index is 12.2. The number of nitrogens with one attached hydrogen (secondary N) is 1. The van der Waals surface area contributed by atoms with E-state index in [9.17, 15) is 9.59 Å². The summed E-state index contributed by atoms with van der Waals surface area (Å²) in [7, 11) is 0. The molecule has 5 nitrogen and oxygen atoms in total. The summed E-state index contributed by atoms with van der Waals surface area (Å²) in [5.74, 6) is -0.0738. The fourth-order valence-electron chi connectivity index (χ4n) is 2.62. The molecule has 24 heavy (non-hydrogen) atoms. The lowest BCUT2D eigenvalue weighted by Crippen LogP contribution is -2.49. The standard InChI is InChI=1S/C19H25N3O2/c1-2-3-5-10-18(23)20-12-11-19(24)22-15-13-21(14-16-22)17-8-6-4-7-9-17/h2-10H,11-16H2,1H3,(H,20,23)/b3-2+,10-5+. The van der Waals surface area contributed by atoms with Gasteiger partial charge in [0.05, 0.1) is 0 Å². The molecular weight excluding hydrogens is 302 g/mol. The van der Waals surface area contributed by atoms with Crippen molar-refractivity contribution in [2.75, 3.05) is 37.6 Å². The lowest BCUT2D eigenvalue weighted by molar-refractivity contribution is -0.131.